The molecule has 0 aliphatic rings. The average molecular weight is 1350 g/mol. The quantitative estimate of drug-likeness (QED) is 0.0270. The minimum Gasteiger partial charge on any atom is -0.504 e. The van der Waals surface area contributed by atoms with E-state index < -0.39 is 164 Å². The van der Waals surface area contributed by atoms with E-state index in [0.29, 0.717) is 19.3 Å². The molecule has 6 aromatic rings. The number of phenolic OH excluding ortho intramolecular Hbond substituents is 18. The Balaban J connectivity index is 0.000000571. The van der Waals surface area contributed by atoms with E-state index in [1.54, 1.807) is 34.6 Å². The Hall–Kier alpha value is -11.6. The summed E-state index contributed by atoms with van der Waals surface area (Å²) in [5.41, 5.74) is -0.345. The van der Waals surface area contributed by atoms with Gasteiger partial charge in [-0.05, 0) is 127 Å². The summed E-state index contributed by atoms with van der Waals surface area (Å²) in [7, 11) is 0. The van der Waals surface area contributed by atoms with E-state index in [0.717, 1.165) is 72.8 Å². The standard InChI is InChI=1S/3C11H14O6.2C10H12O5.C9H10O5/c1-5(12)6(2)17-11(16)7-3-8(13)10(15)9(14)4-7;1-6(12)2-3-17-11(16)7-4-8(13)10(15)9(14)5-7;1-2-7(12)5-17-11(16)6-3-8(13)10(15)9(14)4-6;1-5(2)15-10(14)6-3-7(11)9(13)8(12)4-6;1-2-3-15-10(14)6-4-7(11)9(13)8(12)5-6;1-2-14-9(13)5-3-6(10)8(12)7(11)4-5/h3-6,12-15H,1-2H3;4-6,12-15H,2-3H2,1H3;3-4,7,12-15H,2,5H2,1H3;3-5,11-13H,1-2H3;4-5,11-13H,2-3H2,1H3;3-4,10-12H,2H2,1H3. The third-order valence-corrected chi connectivity index (χ3v) is 11.5. The molecule has 0 aliphatic heterocycles. The van der Waals surface area contributed by atoms with E-state index in [1.165, 1.54) is 13.8 Å². The van der Waals surface area contributed by atoms with Gasteiger partial charge in [0.2, 0.25) is 0 Å². The normalized spacial score (nSPS) is 11.5. The molecular weight excluding hydrogens is 1270 g/mol. The van der Waals surface area contributed by atoms with Gasteiger partial charge in [0.1, 0.15) is 12.7 Å². The summed E-state index contributed by atoms with van der Waals surface area (Å²) in [5, 5.41) is 191. The minimum atomic E-state index is -0.835. The Morgan fingerprint density at radius 2 is 0.579 bits per heavy atom. The van der Waals surface area contributed by atoms with Crippen molar-refractivity contribution in [1.82, 2.24) is 0 Å². The summed E-state index contributed by atoms with van der Waals surface area (Å²) in [4.78, 5) is 68.2. The predicted molar refractivity (Wildman–Crippen MR) is 325 cm³/mol. The van der Waals surface area contributed by atoms with E-state index in [4.69, 9.17) is 95.2 Å². The van der Waals surface area contributed by atoms with Gasteiger partial charge in [0.15, 0.2) is 103 Å². The Bertz CT molecular complexity index is 3420. The van der Waals surface area contributed by atoms with Crippen molar-refractivity contribution >= 4 is 35.8 Å². The molecule has 33 heteroatoms. The second-order valence-electron chi connectivity index (χ2n) is 19.8. The number of hydrogen-bond donors (Lipinski definition) is 21. The van der Waals surface area contributed by atoms with Crippen LogP contribution in [0.25, 0.3) is 0 Å². The molecule has 0 aliphatic carbocycles. The number of aromatic hydroxyl groups is 18. The lowest BCUT2D eigenvalue weighted by molar-refractivity contribution is -0.00478. The highest BCUT2D eigenvalue weighted by atomic mass is 16.6. The Kier molecular flexibility index (Phi) is 33.4. The van der Waals surface area contributed by atoms with Gasteiger partial charge in [-0.25, -0.2) is 28.8 Å². The number of esters is 6. The number of rotatable bonds is 18. The summed E-state index contributed by atoms with van der Waals surface area (Å²) < 4.78 is 28.6. The number of hydrogen-bond acceptors (Lipinski definition) is 33. The van der Waals surface area contributed by atoms with Crippen LogP contribution in [-0.2, 0) is 28.4 Å². The van der Waals surface area contributed by atoms with Crippen molar-refractivity contribution in [2.24, 2.45) is 0 Å². The van der Waals surface area contributed by atoms with Crippen LogP contribution in [0, 0.1) is 0 Å². The fourth-order valence-electron chi connectivity index (χ4n) is 6.22. The lowest BCUT2D eigenvalue weighted by Gasteiger charge is -2.15. The van der Waals surface area contributed by atoms with Crippen LogP contribution in [0.3, 0.4) is 0 Å². The zero-order valence-corrected chi connectivity index (χ0v) is 52.1. The molecule has 522 valence electrons. The molecule has 0 aromatic heterocycles. The van der Waals surface area contributed by atoms with E-state index in [-0.39, 0.29) is 65.9 Å². The maximum atomic E-state index is 11.5. The highest BCUT2D eigenvalue weighted by molar-refractivity contribution is 5.94. The van der Waals surface area contributed by atoms with Gasteiger partial charge in [0, 0.05) is 6.42 Å². The SMILES string of the molecule is CC(C)OC(=O)c1cc(O)c(O)c(O)c1.CC(O)C(C)OC(=O)c1cc(O)c(O)c(O)c1.CC(O)CCOC(=O)c1cc(O)c(O)c(O)c1.CCC(O)COC(=O)c1cc(O)c(O)c(O)c1.CCCOC(=O)c1cc(O)c(O)c(O)c1.CCOC(=O)c1cc(O)c(O)c(O)c1. The molecule has 0 radical (unpaired) electrons. The lowest BCUT2D eigenvalue weighted by Crippen LogP contribution is -2.25. The predicted octanol–water partition coefficient (Wildman–Crippen LogP) is 5.91. The van der Waals surface area contributed by atoms with Crippen molar-refractivity contribution in [3.8, 4) is 103 Å². The number of aliphatic hydroxyl groups excluding tert-OH is 3. The molecule has 6 aromatic carbocycles. The molecule has 21 N–H and O–H groups in total. The van der Waals surface area contributed by atoms with Crippen molar-refractivity contribution in [2.45, 2.75) is 105 Å². The van der Waals surface area contributed by atoms with Crippen LogP contribution in [0.1, 0.15) is 137 Å². The first-order valence-corrected chi connectivity index (χ1v) is 27.9. The number of phenols is 18. The van der Waals surface area contributed by atoms with Crippen molar-refractivity contribution in [2.75, 3.05) is 26.4 Å². The minimum absolute atomic E-state index is 0.00347. The lowest BCUT2D eigenvalue weighted by atomic mass is 10.2. The first-order valence-electron chi connectivity index (χ1n) is 27.9. The van der Waals surface area contributed by atoms with E-state index in [9.17, 15) is 64.5 Å². The zero-order valence-electron chi connectivity index (χ0n) is 52.1. The smallest absolute Gasteiger partial charge is 0.338 e. The molecule has 95 heavy (non-hydrogen) atoms. The summed E-state index contributed by atoms with van der Waals surface area (Å²) in [6.45, 7) is 13.4. The van der Waals surface area contributed by atoms with Crippen LogP contribution in [0.2, 0.25) is 0 Å². The number of carbonyl (C=O) groups excluding carboxylic acids is 6. The van der Waals surface area contributed by atoms with E-state index in [2.05, 4.69) is 4.74 Å². The Morgan fingerprint density at radius 1 is 0.337 bits per heavy atom. The summed E-state index contributed by atoms with van der Waals surface area (Å²) in [5.74, 6) is -15.5. The third kappa shape index (κ3) is 27.0. The van der Waals surface area contributed by atoms with Gasteiger partial charge in [-0.1, -0.05) is 13.8 Å². The highest BCUT2D eigenvalue weighted by Crippen LogP contribution is 2.40. The molecule has 0 amide bonds. The monoisotopic (exact) mass is 1350 g/mol. The number of aliphatic hydroxyl groups is 3. The van der Waals surface area contributed by atoms with Gasteiger partial charge >= 0.3 is 35.8 Å². The molecule has 0 bridgehead atoms. The second kappa shape index (κ2) is 39.0. The van der Waals surface area contributed by atoms with Gasteiger partial charge < -0.3 is 136 Å². The highest BCUT2D eigenvalue weighted by Gasteiger charge is 2.22. The molecule has 0 spiro atoms. The van der Waals surface area contributed by atoms with E-state index in [1.807, 2.05) is 6.92 Å². The largest absolute Gasteiger partial charge is 0.504 e. The average Bonchev–Trinajstić information content (AvgIpc) is 0.937. The Labute approximate surface area is 540 Å². The van der Waals surface area contributed by atoms with Crippen molar-refractivity contribution in [3.63, 3.8) is 0 Å². The maximum Gasteiger partial charge on any atom is 0.338 e. The molecule has 0 saturated heterocycles. The first-order chi connectivity index (χ1) is 44.2. The third-order valence-electron chi connectivity index (χ3n) is 11.5. The van der Waals surface area contributed by atoms with Crippen LogP contribution in [0.4, 0.5) is 0 Å². The number of benzene rings is 6. The van der Waals surface area contributed by atoms with Crippen molar-refractivity contribution < 1.29 is 164 Å². The number of carbonyl (C=O) groups is 6. The zero-order chi connectivity index (χ0) is 72.9. The molecule has 0 heterocycles. The second-order valence-corrected chi connectivity index (χ2v) is 19.8. The first kappa shape index (κ1) is 81.4. The van der Waals surface area contributed by atoms with Crippen molar-refractivity contribution in [1.29, 1.82) is 0 Å². The van der Waals surface area contributed by atoms with Crippen LogP contribution in [0.15, 0.2) is 72.8 Å². The van der Waals surface area contributed by atoms with Crippen LogP contribution < -0.4 is 0 Å². The van der Waals surface area contributed by atoms with Crippen LogP contribution >= 0.6 is 0 Å². The maximum absolute atomic E-state index is 11.5. The van der Waals surface area contributed by atoms with Gasteiger partial charge in [-0.15, -0.1) is 0 Å². The Morgan fingerprint density at radius 3 is 0.811 bits per heavy atom. The summed E-state index contributed by atoms with van der Waals surface area (Å²) >= 11 is 0. The van der Waals surface area contributed by atoms with Crippen LogP contribution in [0.5, 0.6) is 103 Å². The molecule has 6 rings (SSSR count). The van der Waals surface area contributed by atoms with Gasteiger partial charge in [-0.2, -0.15) is 0 Å². The molecule has 4 unspecified atom stereocenters. The van der Waals surface area contributed by atoms with Gasteiger partial charge in [-0.3, -0.25) is 0 Å². The fraction of sp³-hybridized carbons (Fsp3) is 0.323. The molecule has 33 nitrogen and oxygen atoms in total. The summed E-state index contributed by atoms with van der Waals surface area (Å²) in [6.07, 6.45) is -1.76. The van der Waals surface area contributed by atoms with E-state index >= 15 is 0 Å². The molecule has 4 atom stereocenters. The van der Waals surface area contributed by atoms with Gasteiger partial charge in [0.25, 0.3) is 0 Å². The topological polar surface area (TPSA) is 583 Å². The molecular formula is C62H76O33. The number of ether oxygens (including phenoxy) is 6. The molecule has 0 saturated carbocycles. The molecule has 0 fully saturated rings. The van der Waals surface area contributed by atoms with Gasteiger partial charge in [0.05, 0.1) is 77.6 Å². The van der Waals surface area contributed by atoms with Crippen molar-refractivity contribution in [3.05, 3.63) is 106 Å². The van der Waals surface area contributed by atoms with Crippen LogP contribution in [-0.4, -0.2) is 200 Å². The fourth-order valence-corrected chi connectivity index (χ4v) is 6.22. The summed E-state index contributed by atoms with van der Waals surface area (Å²) in [6, 6.07) is 12.0.